The molecule has 0 aromatic carbocycles. The van der Waals surface area contributed by atoms with Gasteiger partial charge in [0.2, 0.25) is 0 Å². The van der Waals surface area contributed by atoms with Crippen molar-refractivity contribution in [3.63, 3.8) is 0 Å². The third-order valence-electron chi connectivity index (χ3n) is 5.95. The van der Waals surface area contributed by atoms with E-state index in [1.54, 1.807) is 0 Å². The molecule has 11 heteroatoms. The van der Waals surface area contributed by atoms with Crippen LogP contribution in [0.3, 0.4) is 0 Å². The molecule has 1 saturated heterocycles. The van der Waals surface area contributed by atoms with E-state index in [1.165, 1.54) is 0 Å². The van der Waals surface area contributed by atoms with Crippen molar-refractivity contribution in [3.05, 3.63) is 4.91 Å². The molecular formula is C19H39N5O6. The minimum absolute atomic E-state index is 0.0212. The molecule has 9 N–H and O–H groups in total. The van der Waals surface area contributed by atoms with Crippen LogP contribution < -0.4 is 22.5 Å². The predicted molar refractivity (Wildman–Crippen MR) is 112 cm³/mol. The summed E-state index contributed by atoms with van der Waals surface area (Å²) in [6.45, 7) is 1.45. The summed E-state index contributed by atoms with van der Waals surface area (Å²) in [5, 5.41) is 26.7. The van der Waals surface area contributed by atoms with Crippen molar-refractivity contribution >= 4 is 0 Å². The van der Waals surface area contributed by atoms with Gasteiger partial charge in [0.25, 0.3) is 0 Å². The van der Waals surface area contributed by atoms with E-state index in [4.69, 9.17) is 31.4 Å². The zero-order chi connectivity index (χ0) is 22.1. The van der Waals surface area contributed by atoms with Gasteiger partial charge < -0.3 is 46.9 Å². The number of unbranched alkanes of at least 4 members (excludes halogenated alkanes) is 3. The topological polar surface area (TPSA) is 188 Å². The summed E-state index contributed by atoms with van der Waals surface area (Å²) in [6.07, 6.45) is 0.0531. The molecule has 0 aromatic rings. The third-order valence-corrected chi connectivity index (χ3v) is 5.95. The molecular weight excluding hydrogens is 394 g/mol. The zero-order valence-electron chi connectivity index (χ0n) is 17.8. The van der Waals surface area contributed by atoms with Crippen LogP contribution in [0, 0.1) is 4.91 Å². The second-order valence-electron chi connectivity index (χ2n) is 8.20. The summed E-state index contributed by atoms with van der Waals surface area (Å²) in [5.41, 5.74) is 18.0. The Morgan fingerprint density at radius 3 is 2.53 bits per heavy atom. The molecule has 0 bridgehead atoms. The van der Waals surface area contributed by atoms with Gasteiger partial charge in [0.1, 0.15) is 30.5 Å². The van der Waals surface area contributed by atoms with Gasteiger partial charge in [-0.25, -0.2) is 0 Å². The van der Waals surface area contributed by atoms with Crippen LogP contribution >= 0.6 is 0 Å². The van der Waals surface area contributed by atoms with Crippen molar-refractivity contribution in [2.45, 2.75) is 93.5 Å². The van der Waals surface area contributed by atoms with Crippen molar-refractivity contribution in [2.24, 2.45) is 22.4 Å². The summed E-state index contributed by atoms with van der Waals surface area (Å²) < 4.78 is 17.7. The van der Waals surface area contributed by atoms with E-state index in [9.17, 15) is 15.1 Å². The fourth-order valence-corrected chi connectivity index (χ4v) is 4.07. The number of nitrogens with two attached hydrogens (primary N) is 3. The van der Waals surface area contributed by atoms with Gasteiger partial charge in [-0.2, -0.15) is 4.91 Å². The van der Waals surface area contributed by atoms with E-state index in [2.05, 4.69) is 10.5 Å². The predicted octanol–water partition coefficient (Wildman–Crippen LogP) is -1.47. The lowest BCUT2D eigenvalue weighted by atomic mass is 9.87. The van der Waals surface area contributed by atoms with Gasteiger partial charge in [0, 0.05) is 19.2 Å². The standard InChI is InChI=1S/C19H39N5O6/c1-23-8-4-2-3-5-9-28-18-12(25)7-6-11(21)17(18)30-19-14(22)15(24-27)16(26)13(10-20)29-19/h11-19,23,25-26H,2-10,20-22H2,1H3. The van der Waals surface area contributed by atoms with Crippen molar-refractivity contribution in [2.75, 3.05) is 26.7 Å². The van der Waals surface area contributed by atoms with Crippen molar-refractivity contribution < 1.29 is 24.4 Å². The fourth-order valence-electron chi connectivity index (χ4n) is 4.07. The largest absolute Gasteiger partial charge is 0.390 e. The maximum Gasteiger partial charge on any atom is 0.175 e. The molecule has 1 aliphatic heterocycles. The van der Waals surface area contributed by atoms with E-state index < -0.39 is 54.9 Å². The Hall–Kier alpha value is -0.760. The molecule has 11 nitrogen and oxygen atoms in total. The molecule has 9 unspecified atom stereocenters. The lowest BCUT2D eigenvalue weighted by Crippen LogP contribution is -2.65. The average Bonchev–Trinajstić information content (AvgIpc) is 2.73. The summed E-state index contributed by atoms with van der Waals surface area (Å²) in [6, 6.07) is -2.49. The van der Waals surface area contributed by atoms with Crippen LogP contribution in [0.15, 0.2) is 5.18 Å². The maximum absolute atomic E-state index is 11.2. The number of nitroso groups, excluding NO2 is 1. The van der Waals surface area contributed by atoms with E-state index in [0.29, 0.717) is 19.4 Å². The minimum Gasteiger partial charge on any atom is -0.390 e. The number of ether oxygens (including phenoxy) is 3. The second-order valence-corrected chi connectivity index (χ2v) is 8.20. The smallest absolute Gasteiger partial charge is 0.175 e. The quantitative estimate of drug-likeness (QED) is 0.156. The van der Waals surface area contributed by atoms with Gasteiger partial charge in [0.15, 0.2) is 6.29 Å². The Morgan fingerprint density at radius 1 is 1.13 bits per heavy atom. The van der Waals surface area contributed by atoms with Crippen molar-refractivity contribution in [1.29, 1.82) is 0 Å². The van der Waals surface area contributed by atoms with Crippen LogP contribution in [0.1, 0.15) is 38.5 Å². The van der Waals surface area contributed by atoms with Crippen LogP contribution in [0.4, 0.5) is 0 Å². The van der Waals surface area contributed by atoms with Crippen LogP contribution in [0.25, 0.3) is 0 Å². The number of aliphatic hydroxyl groups is 2. The second kappa shape index (κ2) is 12.9. The van der Waals surface area contributed by atoms with Gasteiger partial charge in [-0.15, -0.1) is 0 Å². The van der Waals surface area contributed by atoms with Gasteiger partial charge in [-0.05, 0) is 39.3 Å². The molecule has 0 spiro atoms. The Balaban J connectivity index is 1.96. The first-order valence-electron chi connectivity index (χ1n) is 10.9. The molecule has 0 radical (unpaired) electrons. The average molecular weight is 434 g/mol. The highest BCUT2D eigenvalue weighted by atomic mass is 16.7. The van der Waals surface area contributed by atoms with E-state index in [0.717, 1.165) is 32.2 Å². The number of hydrogen-bond donors (Lipinski definition) is 6. The fraction of sp³-hybridized carbons (Fsp3) is 1.00. The maximum atomic E-state index is 11.2. The molecule has 1 heterocycles. The molecule has 2 fully saturated rings. The summed E-state index contributed by atoms with van der Waals surface area (Å²) in [5.74, 6) is 0. The molecule has 2 rings (SSSR count). The Kier molecular flexibility index (Phi) is 11.0. The zero-order valence-corrected chi connectivity index (χ0v) is 17.8. The van der Waals surface area contributed by atoms with Crippen LogP contribution in [-0.2, 0) is 14.2 Å². The van der Waals surface area contributed by atoms with E-state index in [-0.39, 0.29) is 6.54 Å². The molecule has 176 valence electrons. The molecule has 0 amide bonds. The summed E-state index contributed by atoms with van der Waals surface area (Å²) in [4.78, 5) is 11.2. The van der Waals surface area contributed by atoms with Crippen LogP contribution in [0.2, 0.25) is 0 Å². The Bertz CT molecular complexity index is 504. The molecule has 0 aromatic heterocycles. The number of rotatable bonds is 12. The van der Waals surface area contributed by atoms with Gasteiger partial charge in [-0.1, -0.05) is 18.0 Å². The molecule has 1 saturated carbocycles. The molecule has 1 aliphatic carbocycles. The van der Waals surface area contributed by atoms with Crippen LogP contribution in [-0.4, -0.2) is 91.9 Å². The molecule has 2 aliphatic rings. The lowest BCUT2D eigenvalue weighted by molar-refractivity contribution is -0.274. The summed E-state index contributed by atoms with van der Waals surface area (Å²) >= 11 is 0. The SMILES string of the molecule is CNCCCCCCOC1C(O)CCC(N)C1OC1OC(CN)C(O)C(N=O)C1N. The lowest BCUT2D eigenvalue weighted by Gasteiger charge is -2.45. The van der Waals surface area contributed by atoms with E-state index in [1.807, 2.05) is 7.05 Å². The van der Waals surface area contributed by atoms with Gasteiger partial charge in [-0.3, -0.25) is 0 Å². The first-order chi connectivity index (χ1) is 14.4. The number of hydrogen-bond acceptors (Lipinski definition) is 11. The highest BCUT2D eigenvalue weighted by Gasteiger charge is 2.48. The first-order valence-corrected chi connectivity index (χ1v) is 10.9. The number of nitrogens with one attached hydrogen (secondary N) is 1. The number of nitrogens with zero attached hydrogens (tertiary/aromatic N) is 1. The molecule has 9 atom stereocenters. The third kappa shape index (κ3) is 6.62. The van der Waals surface area contributed by atoms with Crippen molar-refractivity contribution in [3.8, 4) is 0 Å². The van der Waals surface area contributed by atoms with Crippen LogP contribution in [0.5, 0.6) is 0 Å². The Labute approximate surface area is 177 Å². The Morgan fingerprint density at radius 2 is 1.87 bits per heavy atom. The van der Waals surface area contributed by atoms with Crippen molar-refractivity contribution in [1.82, 2.24) is 5.32 Å². The monoisotopic (exact) mass is 433 g/mol. The minimum atomic E-state index is -1.21. The normalized spacial score (nSPS) is 39.7. The number of aliphatic hydroxyl groups excluding tert-OH is 2. The molecule has 30 heavy (non-hydrogen) atoms. The highest BCUT2D eigenvalue weighted by molar-refractivity contribution is 4.99. The summed E-state index contributed by atoms with van der Waals surface area (Å²) in [7, 11) is 1.93. The first kappa shape index (κ1) is 25.5. The highest BCUT2D eigenvalue weighted by Crippen LogP contribution is 2.29. The van der Waals surface area contributed by atoms with Gasteiger partial charge >= 0.3 is 0 Å². The van der Waals surface area contributed by atoms with Gasteiger partial charge in [0.05, 0.1) is 12.1 Å². The van der Waals surface area contributed by atoms with E-state index >= 15 is 0 Å².